The summed E-state index contributed by atoms with van der Waals surface area (Å²) in [6, 6.07) is 0. The molecule has 1 unspecified atom stereocenters. The normalized spacial score (nSPS) is 12.0. The SMILES string of the molecule is CCCCCCCCCCCCCCCCCCCCCCCCCCCCCCCCCCCC(=O)OC(CO)COC(=O)CCCCCCCCCCCCCCCCCCCCCC. The molecule has 0 aromatic rings. The molecule has 1 atom stereocenters. The van der Waals surface area contributed by atoms with Crippen LogP contribution in [0.2, 0.25) is 0 Å². The lowest BCUT2D eigenvalue weighted by Crippen LogP contribution is -2.28. The highest BCUT2D eigenvalue weighted by Crippen LogP contribution is 2.19. The van der Waals surface area contributed by atoms with Crippen molar-refractivity contribution in [2.75, 3.05) is 13.2 Å². The second-order valence-corrected chi connectivity index (χ2v) is 21.5. The number of ether oxygens (including phenoxy) is 2. The standard InChI is InChI=1S/C62H122O5/c1-3-5-7-9-11-13-15-17-19-21-23-25-26-27-28-29-30-31-32-33-34-35-36-37-39-41-43-45-47-49-51-53-55-57-62(65)67-60(58-63)59-66-61(64)56-54-52-50-48-46-44-42-40-38-24-22-20-18-16-14-12-10-8-6-4-2/h60,63H,3-59H2,1-2H3. The number of unbranched alkanes of at least 4 members (excludes halogenated alkanes) is 51. The smallest absolute Gasteiger partial charge is 0.306 e. The predicted octanol–water partition coefficient (Wildman–Crippen LogP) is 20.9. The first-order valence-corrected chi connectivity index (χ1v) is 31.1. The maximum atomic E-state index is 12.3. The minimum absolute atomic E-state index is 0.0556. The van der Waals surface area contributed by atoms with Crippen molar-refractivity contribution < 1.29 is 24.2 Å². The maximum absolute atomic E-state index is 12.3. The fourth-order valence-electron chi connectivity index (χ4n) is 9.97. The molecule has 0 aliphatic rings. The maximum Gasteiger partial charge on any atom is 0.306 e. The van der Waals surface area contributed by atoms with Gasteiger partial charge in [-0.25, -0.2) is 0 Å². The quantitative estimate of drug-likeness (QED) is 0.0486. The van der Waals surface area contributed by atoms with Crippen LogP contribution in [0.1, 0.15) is 367 Å². The molecule has 0 fully saturated rings. The number of carbonyl (C=O) groups is 2. The summed E-state index contributed by atoms with van der Waals surface area (Å²) in [7, 11) is 0. The minimum Gasteiger partial charge on any atom is -0.462 e. The molecule has 67 heavy (non-hydrogen) atoms. The van der Waals surface area contributed by atoms with Gasteiger partial charge in [-0.2, -0.15) is 0 Å². The van der Waals surface area contributed by atoms with E-state index in [4.69, 9.17) is 9.47 Å². The molecule has 0 aliphatic carbocycles. The predicted molar refractivity (Wildman–Crippen MR) is 293 cm³/mol. The Bertz CT molecular complexity index is 937. The first-order valence-electron chi connectivity index (χ1n) is 31.1. The molecule has 0 aromatic heterocycles. The third-order valence-corrected chi connectivity index (χ3v) is 14.7. The van der Waals surface area contributed by atoms with Crippen molar-refractivity contribution in [2.45, 2.75) is 373 Å². The lowest BCUT2D eigenvalue weighted by atomic mass is 10.0. The van der Waals surface area contributed by atoms with E-state index in [1.165, 1.54) is 308 Å². The van der Waals surface area contributed by atoms with Crippen LogP contribution < -0.4 is 0 Å². The van der Waals surface area contributed by atoms with Gasteiger partial charge in [-0.15, -0.1) is 0 Å². The monoisotopic (exact) mass is 947 g/mol. The minimum atomic E-state index is -0.764. The first kappa shape index (κ1) is 65.9. The molecule has 0 radical (unpaired) electrons. The van der Waals surface area contributed by atoms with Crippen molar-refractivity contribution in [3.8, 4) is 0 Å². The highest BCUT2D eigenvalue weighted by Gasteiger charge is 2.16. The fourth-order valence-corrected chi connectivity index (χ4v) is 9.97. The first-order chi connectivity index (χ1) is 33.1. The lowest BCUT2D eigenvalue weighted by Gasteiger charge is -2.15. The molecule has 0 aromatic carbocycles. The van der Waals surface area contributed by atoms with Crippen molar-refractivity contribution in [3.63, 3.8) is 0 Å². The third-order valence-electron chi connectivity index (χ3n) is 14.7. The summed E-state index contributed by atoms with van der Waals surface area (Å²) < 4.78 is 10.7. The molecule has 5 heteroatoms. The van der Waals surface area contributed by atoms with Gasteiger partial charge in [0.2, 0.25) is 0 Å². The number of carbonyl (C=O) groups excluding carboxylic acids is 2. The Balaban J connectivity index is 3.36. The summed E-state index contributed by atoms with van der Waals surface area (Å²) in [4.78, 5) is 24.5. The van der Waals surface area contributed by atoms with Crippen LogP contribution in [0, 0.1) is 0 Å². The Morgan fingerprint density at radius 3 is 0.657 bits per heavy atom. The van der Waals surface area contributed by atoms with Gasteiger partial charge in [0.25, 0.3) is 0 Å². The average Bonchev–Trinajstić information content (AvgIpc) is 3.33. The molecule has 0 saturated heterocycles. The van der Waals surface area contributed by atoms with E-state index < -0.39 is 6.10 Å². The highest BCUT2D eigenvalue weighted by atomic mass is 16.6. The van der Waals surface area contributed by atoms with Crippen molar-refractivity contribution in [2.24, 2.45) is 0 Å². The lowest BCUT2D eigenvalue weighted by molar-refractivity contribution is -0.161. The van der Waals surface area contributed by atoms with Crippen LogP contribution in [-0.4, -0.2) is 36.4 Å². The molecule has 5 nitrogen and oxygen atoms in total. The molecule has 0 spiro atoms. The van der Waals surface area contributed by atoms with Crippen molar-refractivity contribution in [1.29, 1.82) is 0 Å². The number of aliphatic hydroxyl groups is 1. The second-order valence-electron chi connectivity index (χ2n) is 21.5. The largest absolute Gasteiger partial charge is 0.462 e. The number of esters is 2. The molecular formula is C62H122O5. The van der Waals surface area contributed by atoms with Crippen LogP contribution in [0.3, 0.4) is 0 Å². The highest BCUT2D eigenvalue weighted by molar-refractivity contribution is 5.70. The summed E-state index contributed by atoms with van der Waals surface area (Å²) in [6.07, 6.45) is 72.6. The number of aliphatic hydroxyl groups excluding tert-OH is 1. The van der Waals surface area contributed by atoms with Crippen molar-refractivity contribution in [3.05, 3.63) is 0 Å². The summed E-state index contributed by atoms with van der Waals surface area (Å²) >= 11 is 0. The van der Waals surface area contributed by atoms with E-state index in [1.807, 2.05) is 0 Å². The Labute approximate surface area is 420 Å². The molecule has 0 rings (SSSR count). The van der Waals surface area contributed by atoms with Gasteiger partial charge in [0, 0.05) is 12.8 Å². The van der Waals surface area contributed by atoms with E-state index in [2.05, 4.69) is 13.8 Å². The Morgan fingerprint density at radius 2 is 0.463 bits per heavy atom. The Morgan fingerprint density at radius 1 is 0.284 bits per heavy atom. The number of rotatable bonds is 59. The Kier molecular flexibility index (Phi) is 58.2. The van der Waals surface area contributed by atoms with E-state index in [0.29, 0.717) is 12.8 Å². The van der Waals surface area contributed by atoms with Gasteiger partial charge in [-0.05, 0) is 12.8 Å². The van der Waals surface area contributed by atoms with Crippen LogP contribution in [0.25, 0.3) is 0 Å². The number of hydrogen-bond donors (Lipinski definition) is 1. The Hall–Kier alpha value is -1.10. The van der Waals surface area contributed by atoms with E-state index in [1.54, 1.807) is 0 Å². The molecule has 0 amide bonds. The summed E-state index contributed by atoms with van der Waals surface area (Å²) in [5, 5.41) is 9.66. The van der Waals surface area contributed by atoms with Gasteiger partial charge in [0.05, 0.1) is 6.61 Å². The summed E-state index contributed by atoms with van der Waals surface area (Å²) in [5.41, 5.74) is 0. The van der Waals surface area contributed by atoms with E-state index in [-0.39, 0.29) is 25.2 Å². The van der Waals surface area contributed by atoms with Crippen molar-refractivity contribution in [1.82, 2.24) is 0 Å². The van der Waals surface area contributed by atoms with Gasteiger partial charge >= 0.3 is 11.9 Å². The van der Waals surface area contributed by atoms with Crippen LogP contribution >= 0.6 is 0 Å². The number of hydrogen-bond acceptors (Lipinski definition) is 5. The topological polar surface area (TPSA) is 72.8 Å². The van der Waals surface area contributed by atoms with Gasteiger partial charge in [0.1, 0.15) is 6.61 Å². The zero-order valence-electron chi connectivity index (χ0n) is 46.0. The third kappa shape index (κ3) is 57.4. The van der Waals surface area contributed by atoms with Gasteiger partial charge < -0.3 is 14.6 Å². The van der Waals surface area contributed by atoms with E-state index >= 15 is 0 Å². The van der Waals surface area contributed by atoms with E-state index in [0.717, 1.165) is 32.1 Å². The van der Waals surface area contributed by atoms with Crippen LogP contribution in [0.5, 0.6) is 0 Å². The zero-order valence-corrected chi connectivity index (χ0v) is 46.0. The van der Waals surface area contributed by atoms with E-state index in [9.17, 15) is 14.7 Å². The second kappa shape index (κ2) is 59.2. The van der Waals surface area contributed by atoms with Crippen LogP contribution in [-0.2, 0) is 19.1 Å². The molecule has 0 aliphatic heterocycles. The summed E-state index contributed by atoms with van der Waals surface area (Å²) in [6.45, 7) is 4.21. The molecule has 0 saturated carbocycles. The van der Waals surface area contributed by atoms with Gasteiger partial charge in [-0.3, -0.25) is 9.59 Å². The van der Waals surface area contributed by atoms with Crippen LogP contribution in [0.4, 0.5) is 0 Å². The fraction of sp³-hybridized carbons (Fsp3) is 0.968. The molecule has 400 valence electrons. The molecule has 1 N–H and O–H groups in total. The van der Waals surface area contributed by atoms with Gasteiger partial charge in [0.15, 0.2) is 6.10 Å². The van der Waals surface area contributed by atoms with Gasteiger partial charge in [-0.1, -0.05) is 341 Å². The van der Waals surface area contributed by atoms with Crippen LogP contribution in [0.15, 0.2) is 0 Å². The molecule has 0 bridgehead atoms. The summed E-state index contributed by atoms with van der Waals surface area (Å²) in [5.74, 6) is -0.562. The molecular weight excluding hydrogens is 825 g/mol. The average molecular weight is 948 g/mol. The van der Waals surface area contributed by atoms with Crippen molar-refractivity contribution >= 4 is 11.9 Å². The zero-order chi connectivity index (χ0) is 48.5. The molecule has 0 heterocycles.